The summed E-state index contributed by atoms with van der Waals surface area (Å²) in [5, 5.41) is 4.15. The molecule has 1 heterocycles. The van der Waals surface area contributed by atoms with Crippen molar-refractivity contribution in [2.45, 2.75) is 32.4 Å². The van der Waals surface area contributed by atoms with Gasteiger partial charge in [-0.25, -0.2) is 0 Å². The zero-order valence-electron chi connectivity index (χ0n) is 9.14. The summed E-state index contributed by atoms with van der Waals surface area (Å²) >= 11 is 0. The molecule has 0 aromatic carbocycles. The highest BCUT2D eigenvalue weighted by Gasteiger charge is 2.13. The minimum absolute atomic E-state index is 0.377. The summed E-state index contributed by atoms with van der Waals surface area (Å²) in [5.74, 6) is -0.377. The Morgan fingerprint density at radius 1 is 1.73 bits per heavy atom. The van der Waals surface area contributed by atoms with Gasteiger partial charge < -0.3 is 10.5 Å². The van der Waals surface area contributed by atoms with Crippen molar-refractivity contribution in [2.24, 2.45) is 5.73 Å². The Labute approximate surface area is 89.2 Å². The quantitative estimate of drug-likeness (QED) is 0.713. The van der Waals surface area contributed by atoms with Gasteiger partial charge in [-0.3, -0.25) is 9.48 Å². The Hall–Kier alpha value is -1.36. The number of rotatable bonds is 5. The summed E-state index contributed by atoms with van der Waals surface area (Å²) in [5.41, 5.74) is 6.78. The number of ether oxygens (including phenoxy) is 1. The predicted molar refractivity (Wildman–Crippen MR) is 56.2 cm³/mol. The van der Waals surface area contributed by atoms with E-state index in [1.807, 2.05) is 12.4 Å². The maximum atomic E-state index is 11.0. The SMILES string of the molecule is CCc1cnn(CCC(N)C(=O)OC)c1. The zero-order valence-corrected chi connectivity index (χ0v) is 9.14. The molecule has 0 saturated carbocycles. The molecule has 0 fully saturated rings. The predicted octanol–water partition coefficient (Wildman–Crippen LogP) is 0.336. The molecule has 1 atom stereocenters. The van der Waals surface area contributed by atoms with Crippen LogP contribution in [-0.4, -0.2) is 28.9 Å². The fourth-order valence-electron chi connectivity index (χ4n) is 1.25. The number of nitrogens with zero attached hydrogens (tertiary/aromatic N) is 2. The van der Waals surface area contributed by atoms with Crippen molar-refractivity contribution in [3.8, 4) is 0 Å². The van der Waals surface area contributed by atoms with Crippen molar-refractivity contribution in [3.05, 3.63) is 18.0 Å². The standard InChI is InChI=1S/C10H17N3O2/c1-3-8-6-12-13(7-8)5-4-9(11)10(14)15-2/h6-7,9H,3-5,11H2,1-2H3. The van der Waals surface area contributed by atoms with E-state index in [1.54, 1.807) is 4.68 Å². The normalized spacial score (nSPS) is 12.5. The third kappa shape index (κ3) is 3.36. The van der Waals surface area contributed by atoms with E-state index in [9.17, 15) is 4.79 Å². The summed E-state index contributed by atoms with van der Waals surface area (Å²) in [6.45, 7) is 2.71. The average Bonchev–Trinajstić information content (AvgIpc) is 2.72. The van der Waals surface area contributed by atoms with Gasteiger partial charge in [-0.15, -0.1) is 0 Å². The Kier molecular flexibility index (Phi) is 4.30. The molecule has 0 aliphatic heterocycles. The van der Waals surface area contributed by atoms with E-state index < -0.39 is 6.04 Å². The highest BCUT2D eigenvalue weighted by atomic mass is 16.5. The van der Waals surface area contributed by atoms with Gasteiger partial charge in [0.15, 0.2) is 0 Å². The van der Waals surface area contributed by atoms with Crippen LogP contribution in [-0.2, 0) is 22.5 Å². The molecular weight excluding hydrogens is 194 g/mol. The lowest BCUT2D eigenvalue weighted by atomic mass is 10.2. The van der Waals surface area contributed by atoms with Crippen molar-refractivity contribution >= 4 is 5.97 Å². The van der Waals surface area contributed by atoms with Crippen molar-refractivity contribution < 1.29 is 9.53 Å². The number of aromatic nitrogens is 2. The van der Waals surface area contributed by atoms with E-state index >= 15 is 0 Å². The summed E-state index contributed by atoms with van der Waals surface area (Å²) in [4.78, 5) is 11.0. The molecule has 0 aliphatic carbocycles. The van der Waals surface area contributed by atoms with E-state index in [0.29, 0.717) is 13.0 Å². The van der Waals surface area contributed by atoms with Crippen LogP contribution in [0.15, 0.2) is 12.4 Å². The van der Waals surface area contributed by atoms with Crippen LogP contribution in [0.5, 0.6) is 0 Å². The lowest BCUT2D eigenvalue weighted by molar-refractivity contribution is -0.142. The van der Waals surface area contributed by atoms with Gasteiger partial charge in [-0.1, -0.05) is 6.92 Å². The van der Waals surface area contributed by atoms with Crippen LogP contribution in [0.2, 0.25) is 0 Å². The third-order valence-electron chi connectivity index (χ3n) is 2.27. The van der Waals surface area contributed by atoms with Crippen molar-refractivity contribution in [1.82, 2.24) is 9.78 Å². The molecule has 84 valence electrons. The van der Waals surface area contributed by atoms with Gasteiger partial charge in [0.25, 0.3) is 0 Å². The Balaban J connectivity index is 2.39. The second kappa shape index (κ2) is 5.50. The second-order valence-electron chi connectivity index (χ2n) is 3.38. The number of nitrogens with two attached hydrogens (primary N) is 1. The largest absolute Gasteiger partial charge is 0.468 e. The third-order valence-corrected chi connectivity index (χ3v) is 2.27. The van der Waals surface area contributed by atoms with Gasteiger partial charge in [0.1, 0.15) is 6.04 Å². The molecule has 5 nitrogen and oxygen atoms in total. The Morgan fingerprint density at radius 3 is 3.00 bits per heavy atom. The number of esters is 1. The summed E-state index contributed by atoms with van der Waals surface area (Å²) in [6, 6.07) is -0.565. The number of carbonyl (C=O) groups excluding carboxylic acids is 1. The summed E-state index contributed by atoms with van der Waals surface area (Å²) < 4.78 is 6.33. The van der Waals surface area contributed by atoms with Crippen molar-refractivity contribution in [3.63, 3.8) is 0 Å². The molecular formula is C10H17N3O2. The first-order valence-electron chi connectivity index (χ1n) is 5.02. The van der Waals surface area contributed by atoms with Crippen LogP contribution >= 0.6 is 0 Å². The van der Waals surface area contributed by atoms with Crippen LogP contribution in [0.4, 0.5) is 0 Å². The van der Waals surface area contributed by atoms with E-state index in [0.717, 1.165) is 6.42 Å². The van der Waals surface area contributed by atoms with Gasteiger partial charge in [-0.2, -0.15) is 5.10 Å². The lowest BCUT2D eigenvalue weighted by Gasteiger charge is -2.08. The highest BCUT2D eigenvalue weighted by Crippen LogP contribution is 2.00. The average molecular weight is 211 g/mol. The van der Waals surface area contributed by atoms with Crippen LogP contribution in [0.25, 0.3) is 0 Å². The first-order chi connectivity index (χ1) is 7.17. The van der Waals surface area contributed by atoms with Crippen LogP contribution in [0.3, 0.4) is 0 Å². The van der Waals surface area contributed by atoms with E-state index in [4.69, 9.17) is 5.73 Å². The van der Waals surface area contributed by atoms with Gasteiger partial charge in [0.05, 0.1) is 13.3 Å². The maximum absolute atomic E-state index is 11.0. The van der Waals surface area contributed by atoms with Crippen LogP contribution in [0.1, 0.15) is 18.9 Å². The topological polar surface area (TPSA) is 70.1 Å². The molecule has 0 radical (unpaired) electrons. The maximum Gasteiger partial charge on any atom is 0.322 e. The molecule has 0 amide bonds. The number of carbonyl (C=O) groups is 1. The monoisotopic (exact) mass is 211 g/mol. The molecule has 0 saturated heterocycles. The molecule has 1 rings (SSSR count). The molecule has 1 aromatic rings. The van der Waals surface area contributed by atoms with E-state index in [2.05, 4.69) is 16.8 Å². The van der Waals surface area contributed by atoms with E-state index in [1.165, 1.54) is 12.7 Å². The van der Waals surface area contributed by atoms with E-state index in [-0.39, 0.29) is 5.97 Å². The first kappa shape index (κ1) is 11.7. The molecule has 2 N–H and O–H groups in total. The molecule has 0 aliphatic rings. The number of hydrogen-bond donors (Lipinski definition) is 1. The zero-order chi connectivity index (χ0) is 11.3. The van der Waals surface area contributed by atoms with Crippen molar-refractivity contribution in [1.29, 1.82) is 0 Å². The number of hydrogen-bond acceptors (Lipinski definition) is 4. The van der Waals surface area contributed by atoms with Crippen molar-refractivity contribution in [2.75, 3.05) is 7.11 Å². The van der Waals surface area contributed by atoms with Gasteiger partial charge in [0, 0.05) is 12.7 Å². The Bertz CT molecular complexity index is 322. The molecule has 0 bridgehead atoms. The molecule has 1 unspecified atom stereocenters. The van der Waals surface area contributed by atoms with Crippen LogP contribution in [0, 0.1) is 0 Å². The molecule has 1 aromatic heterocycles. The first-order valence-corrected chi connectivity index (χ1v) is 5.02. The smallest absolute Gasteiger partial charge is 0.322 e. The second-order valence-corrected chi connectivity index (χ2v) is 3.38. The molecule has 5 heteroatoms. The Morgan fingerprint density at radius 2 is 2.47 bits per heavy atom. The fraction of sp³-hybridized carbons (Fsp3) is 0.600. The molecule has 0 spiro atoms. The summed E-state index contributed by atoms with van der Waals surface area (Å²) in [6.07, 6.45) is 5.29. The number of methoxy groups -OCH3 is 1. The minimum Gasteiger partial charge on any atom is -0.468 e. The highest BCUT2D eigenvalue weighted by molar-refractivity contribution is 5.75. The lowest BCUT2D eigenvalue weighted by Crippen LogP contribution is -2.32. The number of aryl methyl sites for hydroxylation is 2. The summed E-state index contributed by atoms with van der Waals surface area (Å²) in [7, 11) is 1.34. The molecule has 15 heavy (non-hydrogen) atoms. The fourth-order valence-corrected chi connectivity index (χ4v) is 1.25. The minimum atomic E-state index is -0.565. The van der Waals surface area contributed by atoms with Crippen LogP contribution < -0.4 is 5.73 Å². The van der Waals surface area contributed by atoms with Gasteiger partial charge in [-0.05, 0) is 18.4 Å². The van der Waals surface area contributed by atoms with Gasteiger partial charge in [0.2, 0.25) is 0 Å². The van der Waals surface area contributed by atoms with Gasteiger partial charge >= 0.3 is 5.97 Å².